The second-order valence-electron chi connectivity index (χ2n) is 5.72. The molecule has 1 heterocycles. The SMILES string of the molecule is CCn1cnnc1-c1cccc(NC(=O)C(C)Oc2ccc(Cl)cc2)c1. The van der Waals surface area contributed by atoms with Gasteiger partial charge in [0.05, 0.1) is 0 Å². The Labute approximate surface area is 156 Å². The topological polar surface area (TPSA) is 69.0 Å². The second kappa shape index (κ2) is 8.01. The summed E-state index contributed by atoms with van der Waals surface area (Å²) in [5.74, 6) is 1.10. The molecule has 1 atom stereocenters. The van der Waals surface area contributed by atoms with E-state index in [1.165, 1.54) is 0 Å². The maximum atomic E-state index is 12.4. The highest BCUT2D eigenvalue weighted by Crippen LogP contribution is 2.21. The van der Waals surface area contributed by atoms with E-state index in [0.717, 1.165) is 17.9 Å². The predicted molar refractivity (Wildman–Crippen MR) is 101 cm³/mol. The molecule has 0 fully saturated rings. The molecule has 3 rings (SSSR count). The molecule has 0 saturated heterocycles. The molecule has 7 heteroatoms. The van der Waals surface area contributed by atoms with Gasteiger partial charge in [-0.25, -0.2) is 0 Å². The number of hydrogen-bond acceptors (Lipinski definition) is 4. The highest BCUT2D eigenvalue weighted by Gasteiger charge is 2.15. The molecule has 0 aliphatic carbocycles. The minimum absolute atomic E-state index is 0.242. The molecule has 3 aromatic rings. The van der Waals surface area contributed by atoms with Gasteiger partial charge >= 0.3 is 0 Å². The van der Waals surface area contributed by atoms with Gasteiger partial charge in [0.1, 0.15) is 12.1 Å². The van der Waals surface area contributed by atoms with Crippen molar-refractivity contribution in [3.8, 4) is 17.1 Å². The quantitative estimate of drug-likeness (QED) is 0.711. The van der Waals surface area contributed by atoms with Crippen molar-refractivity contribution in [3.63, 3.8) is 0 Å². The summed E-state index contributed by atoms with van der Waals surface area (Å²) in [6.45, 7) is 4.49. The average Bonchev–Trinajstić information content (AvgIpc) is 3.12. The summed E-state index contributed by atoms with van der Waals surface area (Å²) in [4.78, 5) is 12.4. The molecule has 0 spiro atoms. The Morgan fingerprint density at radius 2 is 2.04 bits per heavy atom. The van der Waals surface area contributed by atoms with E-state index in [1.807, 2.05) is 35.8 Å². The van der Waals surface area contributed by atoms with Crippen LogP contribution in [-0.2, 0) is 11.3 Å². The van der Waals surface area contributed by atoms with E-state index in [0.29, 0.717) is 16.5 Å². The lowest BCUT2D eigenvalue weighted by atomic mass is 10.2. The summed E-state index contributed by atoms with van der Waals surface area (Å²) in [5.41, 5.74) is 1.55. The van der Waals surface area contributed by atoms with Crippen LogP contribution in [0.5, 0.6) is 5.75 Å². The third-order valence-electron chi connectivity index (χ3n) is 3.84. The standard InChI is InChI=1S/C19H19ClN4O2/c1-3-24-12-21-23-18(24)14-5-4-6-16(11-14)22-19(25)13(2)26-17-9-7-15(20)8-10-17/h4-13H,3H2,1-2H3,(H,22,25). The number of aromatic nitrogens is 3. The number of aryl methyl sites for hydroxylation is 1. The number of hydrogen-bond donors (Lipinski definition) is 1. The normalized spacial score (nSPS) is 11.8. The Bertz CT molecular complexity index is 893. The van der Waals surface area contributed by atoms with Crippen LogP contribution >= 0.6 is 11.6 Å². The predicted octanol–water partition coefficient (Wildman–Crippen LogP) is 4.02. The first-order valence-corrected chi connectivity index (χ1v) is 8.66. The zero-order chi connectivity index (χ0) is 18.5. The van der Waals surface area contributed by atoms with Crippen molar-refractivity contribution >= 4 is 23.2 Å². The first-order valence-electron chi connectivity index (χ1n) is 8.28. The molecule has 0 aliphatic heterocycles. The summed E-state index contributed by atoms with van der Waals surface area (Å²) in [6.07, 6.45) is 1.03. The zero-order valence-electron chi connectivity index (χ0n) is 14.5. The Balaban J connectivity index is 1.69. The summed E-state index contributed by atoms with van der Waals surface area (Å²) >= 11 is 5.85. The maximum absolute atomic E-state index is 12.4. The lowest BCUT2D eigenvalue weighted by Gasteiger charge is -2.15. The number of amides is 1. The van der Waals surface area contributed by atoms with Gasteiger partial charge in [-0.15, -0.1) is 10.2 Å². The third-order valence-corrected chi connectivity index (χ3v) is 4.09. The van der Waals surface area contributed by atoms with E-state index in [9.17, 15) is 4.79 Å². The highest BCUT2D eigenvalue weighted by atomic mass is 35.5. The Hall–Kier alpha value is -2.86. The molecule has 1 amide bonds. The van der Waals surface area contributed by atoms with Crippen molar-refractivity contribution in [2.45, 2.75) is 26.5 Å². The van der Waals surface area contributed by atoms with Gasteiger partial charge in [0, 0.05) is 22.8 Å². The fourth-order valence-corrected chi connectivity index (χ4v) is 2.59. The van der Waals surface area contributed by atoms with Crippen molar-refractivity contribution in [1.29, 1.82) is 0 Å². The van der Waals surface area contributed by atoms with Crippen LogP contribution in [0.25, 0.3) is 11.4 Å². The smallest absolute Gasteiger partial charge is 0.265 e. The number of nitrogens with one attached hydrogen (secondary N) is 1. The molecule has 134 valence electrons. The van der Waals surface area contributed by atoms with Crippen LogP contribution in [0.1, 0.15) is 13.8 Å². The largest absolute Gasteiger partial charge is 0.481 e. The Morgan fingerprint density at radius 1 is 1.27 bits per heavy atom. The molecule has 6 nitrogen and oxygen atoms in total. The minimum atomic E-state index is -0.654. The number of ether oxygens (including phenoxy) is 1. The molecule has 0 saturated carbocycles. The van der Waals surface area contributed by atoms with Crippen LogP contribution in [0, 0.1) is 0 Å². The molecular formula is C19H19ClN4O2. The van der Waals surface area contributed by atoms with Gasteiger partial charge in [0.2, 0.25) is 0 Å². The number of halogens is 1. The molecule has 0 aliphatic rings. The van der Waals surface area contributed by atoms with Crippen molar-refractivity contribution in [3.05, 3.63) is 59.9 Å². The summed E-state index contributed by atoms with van der Waals surface area (Å²) in [6, 6.07) is 14.4. The van der Waals surface area contributed by atoms with Gasteiger partial charge in [-0.05, 0) is 50.2 Å². The average molecular weight is 371 g/mol. The van der Waals surface area contributed by atoms with Gasteiger partial charge in [0.15, 0.2) is 11.9 Å². The third kappa shape index (κ3) is 4.21. The second-order valence-corrected chi connectivity index (χ2v) is 6.16. The Morgan fingerprint density at radius 3 is 2.77 bits per heavy atom. The van der Waals surface area contributed by atoms with E-state index >= 15 is 0 Å². The van der Waals surface area contributed by atoms with Gasteiger partial charge in [0.25, 0.3) is 5.91 Å². The van der Waals surface area contributed by atoms with Crippen LogP contribution in [0.2, 0.25) is 5.02 Å². The van der Waals surface area contributed by atoms with Crippen LogP contribution in [0.15, 0.2) is 54.9 Å². The Kier molecular flexibility index (Phi) is 5.53. The fourth-order valence-electron chi connectivity index (χ4n) is 2.46. The molecule has 1 unspecified atom stereocenters. The summed E-state index contributed by atoms with van der Waals surface area (Å²) in [7, 11) is 0. The van der Waals surface area contributed by atoms with Crippen LogP contribution in [0.4, 0.5) is 5.69 Å². The molecule has 26 heavy (non-hydrogen) atoms. The van der Waals surface area contributed by atoms with Crippen LogP contribution in [0.3, 0.4) is 0 Å². The van der Waals surface area contributed by atoms with Crippen molar-refractivity contribution in [2.75, 3.05) is 5.32 Å². The number of carbonyl (C=O) groups is 1. The highest BCUT2D eigenvalue weighted by molar-refractivity contribution is 6.30. The number of benzene rings is 2. The van der Waals surface area contributed by atoms with Crippen molar-refractivity contribution < 1.29 is 9.53 Å². The van der Waals surface area contributed by atoms with Gasteiger partial charge < -0.3 is 14.6 Å². The first kappa shape index (κ1) is 17.9. The lowest BCUT2D eigenvalue weighted by Crippen LogP contribution is -2.30. The van der Waals surface area contributed by atoms with E-state index < -0.39 is 6.10 Å². The van der Waals surface area contributed by atoms with Gasteiger partial charge in [-0.3, -0.25) is 4.79 Å². The minimum Gasteiger partial charge on any atom is -0.481 e. The van der Waals surface area contributed by atoms with Gasteiger partial charge in [-0.1, -0.05) is 23.7 Å². The van der Waals surface area contributed by atoms with E-state index in [1.54, 1.807) is 37.5 Å². The van der Waals surface area contributed by atoms with Crippen LogP contribution in [-0.4, -0.2) is 26.8 Å². The molecule has 0 bridgehead atoms. The molecule has 1 N–H and O–H groups in total. The number of rotatable bonds is 6. The summed E-state index contributed by atoms with van der Waals surface area (Å²) in [5, 5.41) is 11.6. The monoisotopic (exact) mass is 370 g/mol. The molecule has 2 aromatic carbocycles. The van der Waals surface area contributed by atoms with Crippen molar-refractivity contribution in [2.24, 2.45) is 0 Å². The first-order chi connectivity index (χ1) is 12.6. The van der Waals surface area contributed by atoms with Crippen LogP contribution < -0.4 is 10.1 Å². The maximum Gasteiger partial charge on any atom is 0.265 e. The van der Waals surface area contributed by atoms with E-state index in [4.69, 9.17) is 16.3 Å². The van der Waals surface area contributed by atoms with Crippen molar-refractivity contribution in [1.82, 2.24) is 14.8 Å². The molecule has 0 radical (unpaired) electrons. The molecule has 1 aromatic heterocycles. The number of anilines is 1. The number of nitrogens with zero attached hydrogens (tertiary/aromatic N) is 3. The molecular weight excluding hydrogens is 352 g/mol. The van der Waals surface area contributed by atoms with E-state index in [-0.39, 0.29) is 5.91 Å². The summed E-state index contributed by atoms with van der Waals surface area (Å²) < 4.78 is 7.58. The lowest BCUT2D eigenvalue weighted by molar-refractivity contribution is -0.122. The zero-order valence-corrected chi connectivity index (χ0v) is 15.3. The fraction of sp³-hybridized carbons (Fsp3) is 0.211. The van der Waals surface area contributed by atoms with Gasteiger partial charge in [-0.2, -0.15) is 0 Å². The number of carbonyl (C=O) groups excluding carboxylic acids is 1. The van der Waals surface area contributed by atoms with E-state index in [2.05, 4.69) is 15.5 Å².